The van der Waals surface area contributed by atoms with E-state index in [9.17, 15) is 0 Å². The highest BCUT2D eigenvalue weighted by Crippen LogP contribution is 2.33. The molecule has 0 N–H and O–H groups in total. The monoisotopic (exact) mass is 319 g/mol. The Hall–Kier alpha value is -2.24. The largest absolute Gasteiger partial charge is 0.309 e. The van der Waals surface area contributed by atoms with E-state index < -0.39 is 0 Å². The number of hydrogen-bond acceptors (Lipinski definition) is 0. The minimum atomic E-state index is 1.08. The van der Waals surface area contributed by atoms with Gasteiger partial charge in [-0.25, -0.2) is 0 Å². The topological polar surface area (TPSA) is 4.93 Å². The number of halogens is 1. The first-order valence-corrected chi connectivity index (χ1v) is 7.21. The molecule has 0 saturated heterocycles. The molecule has 1 aromatic heterocycles. The maximum Gasteiger partial charge on any atom is 0.0552 e. The molecule has 0 amide bonds. The van der Waals surface area contributed by atoms with Crippen molar-refractivity contribution in [2.45, 2.75) is 0 Å². The highest BCUT2D eigenvalue weighted by atomic mass is 79.9. The second-order valence-electron chi connectivity index (χ2n) is 4.71. The molecule has 0 atom stereocenters. The number of nitrogens with zero attached hydrogens (tertiary/aromatic N) is 1. The molecule has 0 aliphatic rings. The minimum Gasteiger partial charge on any atom is -0.309 e. The van der Waals surface area contributed by atoms with Crippen LogP contribution in [0.2, 0.25) is 0 Å². The molecular formula is C18H10BrN. The number of para-hydroxylation sites is 1. The van der Waals surface area contributed by atoms with Crippen LogP contribution < -0.4 is 0 Å². The molecule has 0 bridgehead atoms. The van der Waals surface area contributed by atoms with Gasteiger partial charge in [0.1, 0.15) is 0 Å². The van der Waals surface area contributed by atoms with Crippen molar-refractivity contribution in [3.8, 4) is 5.69 Å². The summed E-state index contributed by atoms with van der Waals surface area (Å²) < 4.78 is 3.35. The Bertz CT molecular complexity index is 907. The lowest BCUT2D eigenvalue weighted by Crippen LogP contribution is -1.92. The zero-order valence-corrected chi connectivity index (χ0v) is 12.2. The molecule has 1 nitrogen and oxygen atoms in total. The smallest absolute Gasteiger partial charge is 0.0552 e. The first kappa shape index (κ1) is 11.6. The maximum absolute atomic E-state index is 3.57. The van der Waals surface area contributed by atoms with Gasteiger partial charge in [-0.05, 0) is 30.3 Å². The van der Waals surface area contributed by atoms with Gasteiger partial charge in [-0.3, -0.25) is 0 Å². The van der Waals surface area contributed by atoms with E-state index in [1.165, 1.54) is 21.8 Å². The third-order valence-electron chi connectivity index (χ3n) is 3.53. The van der Waals surface area contributed by atoms with Gasteiger partial charge in [-0.2, -0.15) is 0 Å². The van der Waals surface area contributed by atoms with Crippen molar-refractivity contribution in [1.82, 2.24) is 4.57 Å². The highest BCUT2D eigenvalue weighted by Gasteiger charge is 2.11. The molecular weight excluding hydrogens is 310 g/mol. The van der Waals surface area contributed by atoms with Gasteiger partial charge in [0.15, 0.2) is 0 Å². The van der Waals surface area contributed by atoms with Crippen LogP contribution in [0.3, 0.4) is 0 Å². The van der Waals surface area contributed by atoms with Crippen LogP contribution in [0.15, 0.2) is 65.1 Å². The van der Waals surface area contributed by atoms with Gasteiger partial charge in [-0.15, -0.1) is 0 Å². The molecule has 94 valence electrons. The zero-order chi connectivity index (χ0) is 13.5. The molecule has 0 saturated carbocycles. The second kappa shape index (κ2) is 4.40. The Kier molecular flexibility index (Phi) is 2.55. The minimum absolute atomic E-state index is 1.08. The third kappa shape index (κ3) is 1.64. The van der Waals surface area contributed by atoms with E-state index in [4.69, 9.17) is 0 Å². The number of hydrogen-bond donors (Lipinski definition) is 0. The SMILES string of the molecule is Brc1ccc2c3ccccc3n(-c3cc#ccc3)c2c1. The number of aromatic nitrogens is 1. The van der Waals surface area contributed by atoms with Crippen molar-refractivity contribution < 1.29 is 0 Å². The van der Waals surface area contributed by atoms with E-state index in [1.54, 1.807) is 0 Å². The molecule has 2 heteroatoms. The van der Waals surface area contributed by atoms with Gasteiger partial charge in [-0.1, -0.05) is 52.3 Å². The Morgan fingerprint density at radius 2 is 1.70 bits per heavy atom. The van der Waals surface area contributed by atoms with Crippen LogP contribution in [0.4, 0.5) is 0 Å². The van der Waals surface area contributed by atoms with Gasteiger partial charge in [0.05, 0.1) is 16.7 Å². The molecule has 0 radical (unpaired) electrons. The predicted molar refractivity (Wildman–Crippen MR) is 86.2 cm³/mol. The predicted octanol–water partition coefficient (Wildman–Crippen LogP) is 5.15. The molecule has 0 aliphatic carbocycles. The number of rotatable bonds is 1. The summed E-state index contributed by atoms with van der Waals surface area (Å²) in [5, 5.41) is 2.53. The summed E-state index contributed by atoms with van der Waals surface area (Å²) in [6.07, 6.45) is 0. The van der Waals surface area contributed by atoms with Crippen LogP contribution in [-0.4, -0.2) is 4.57 Å². The van der Waals surface area contributed by atoms with Gasteiger partial charge in [0.2, 0.25) is 0 Å². The average Bonchev–Trinajstić information content (AvgIpc) is 2.81. The average molecular weight is 320 g/mol. The Morgan fingerprint density at radius 3 is 2.55 bits per heavy atom. The standard InChI is InChI=1S/C18H10BrN/c19-13-10-11-16-15-8-4-5-9-17(15)20(18(16)12-13)14-6-2-1-3-7-14/h2,4-12H. The van der Waals surface area contributed by atoms with Crippen molar-refractivity contribution in [3.63, 3.8) is 0 Å². The van der Waals surface area contributed by atoms with Gasteiger partial charge >= 0.3 is 0 Å². The normalized spacial score (nSPS) is 10.8. The summed E-state index contributed by atoms with van der Waals surface area (Å²) in [6, 6.07) is 26.8. The fraction of sp³-hybridized carbons (Fsp3) is 0. The maximum atomic E-state index is 3.57. The number of benzene rings is 2. The molecule has 0 aliphatic heterocycles. The molecule has 1 heterocycles. The van der Waals surface area contributed by atoms with Gasteiger partial charge in [0, 0.05) is 21.3 Å². The van der Waals surface area contributed by atoms with E-state index in [1.807, 2.05) is 12.1 Å². The van der Waals surface area contributed by atoms with Gasteiger partial charge < -0.3 is 4.57 Å². The van der Waals surface area contributed by atoms with E-state index >= 15 is 0 Å². The lowest BCUT2D eigenvalue weighted by atomic mass is 10.2. The summed E-state index contributed by atoms with van der Waals surface area (Å²) >= 11 is 3.57. The fourth-order valence-electron chi connectivity index (χ4n) is 2.70. The lowest BCUT2D eigenvalue weighted by Gasteiger charge is -2.06. The Labute approximate surface area is 125 Å². The van der Waals surface area contributed by atoms with Crippen LogP contribution >= 0.6 is 15.9 Å². The van der Waals surface area contributed by atoms with Crippen molar-refractivity contribution in [3.05, 3.63) is 77.3 Å². The highest BCUT2D eigenvalue weighted by molar-refractivity contribution is 9.10. The van der Waals surface area contributed by atoms with Crippen molar-refractivity contribution in [2.75, 3.05) is 0 Å². The zero-order valence-electron chi connectivity index (χ0n) is 10.6. The van der Waals surface area contributed by atoms with E-state index in [0.717, 1.165) is 10.2 Å². The molecule has 0 spiro atoms. The molecule has 0 fully saturated rings. The Morgan fingerprint density at radius 1 is 0.850 bits per heavy atom. The van der Waals surface area contributed by atoms with Crippen LogP contribution in [0.25, 0.3) is 27.5 Å². The fourth-order valence-corrected chi connectivity index (χ4v) is 3.05. The van der Waals surface area contributed by atoms with Crippen molar-refractivity contribution in [2.24, 2.45) is 0 Å². The van der Waals surface area contributed by atoms with Crippen LogP contribution in [0.5, 0.6) is 0 Å². The first-order chi connectivity index (χ1) is 9.84. The number of fused-ring (bicyclic) bond motifs is 3. The quantitative estimate of drug-likeness (QED) is 0.457. The molecule has 4 rings (SSSR count). The van der Waals surface area contributed by atoms with Crippen LogP contribution in [0, 0.1) is 12.1 Å². The molecule has 4 aromatic rings. The van der Waals surface area contributed by atoms with Crippen LogP contribution in [0.1, 0.15) is 0 Å². The molecule has 20 heavy (non-hydrogen) atoms. The first-order valence-electron chi connectivity index (χ1n) is 6.41. The van der Waals surface area contributed by atoms with Crippen molar-refractivity contribution in [1.29, 1.82) is 0 Å². The summed E-state index contributed by atoms with van der Waals surface area (Å²) in [5.41, 5.74) is 3.51. The summed E-state index contributed by atoms with van der Waals surface area (Å²) in [6.45, 7) is 0. The summed E-state index contributed by atoms with van der Waals surface area (Å²) in [4.78, 5) is 0. The third-order valence-corrected chi connectivity index (χ3v) is 4.03. The van der Waals surface area contributed by atoms with E-state index in [-0.39, 0.29) is 0 Å². The second-order valence-corrected chi connectivity index (χ2v) is 5.62. The van der Waals surface area contributed by atoms with E-state index in [0.29, 0.717) is 0 Å². The lowest BCUT2D eigenvalue weighted by molar-refractivity contribution is 1.18. The van der Waals surface area contributed by atoms with Gasteiger partial charge in [0.25, 0.3) is 0 Å². The molecule has 3 aromatic carbocycles. The van der Waals surface area contributed by atoms with Crippen molar-refractivity contribution >= 4 is 37.7 Å². The van der Waals surface area contributed by atoms with Crippen LogP contribution in [-0.2, 0) is 0 Å². The van der Waals surface area contributed by atoms with E-state index in [2.05, 4.69) is 81.2 Å². The Balaban J connectivity index is 2.23. The summed E-state index contributed by atoms with van der Waals surface area (Å²) in [7, 11) is 0. The summed E-state index contributed by atoms with van der Waals surface area (Å²) in [5.74, 6) is 0. The molecule has 0 unspecified atom stereocenters.